The first-order valence-corrected chi connectivity index (χ1v) is 8.33. The normalized spacial score (nSPS) is 11.0. The van der Waals surface area contributed by atoms with E-state index in [1.165, 1.54) is 5.56 Å². The molecule has 0 fully saturated rings. The number of hydrogen-bond acceptors (Lipinski definition) is 2. The molecule has 0 bridgehead atoms. The minimum absolute atomic E-state index is 0.527. The molecule has 0 spiro atoms. The highest BCUT2D eigenvalue weighted by Crippen LogP contribution is 2.19. The summed E-state index contributed by atoms with van der Waals surface area (Å²) >= 11 is 5.25. The third kappa shape index (κ3) is 4.00. The molecule has 0 aliphatic carbocycles. The van der Waals surface area contributed by atoms with Gasteiger partial charge in [0.25, 0.3) is 0 Å². The predicted molar refractivity (Wildman–Crippen MR) is 105 cm³/mol. The van der Waals surface area contributed by atoms with Crippen molar-refractivity contribution in [2.75, 3.05) is 6.54 Å². The van der Waals surface area contributed by atoms with Gasteiger partial charge in [-0.1, -0.05) is 48.5 Å². The van der Waals surface area contributed by atoms with Crippen LogP contribution in [0.25, 0.3) is 10.9 Å². The van der Waals surface area contributed by atoms with E-state index in [0.29, 0.717) is 5.11 Å². The minimum atomic E-state index is 0.527. The molecule has 0 amide bonds. The Balaban J connectivity index is 1.52. The summed E-state index contributed by atoms with van der Waals surface area (Å²) in [5, 5.41) is 9.10. The maximum atomic E-state index is 5.25. The lowest BCUT2D eigenvalue weighted by molar-refractivity contribution is 0.838. The van der Waals surface area contributed by atoms with Gasteiger partial charge in [0.15, 0.2) is 5.11 Å². The van der Waals surface area contributed by atoms with Crippen LogP contribution in [0.1, 0.15) is 16.8 Å². The second-order valence-corrected chi connectivity index (χ2v) is 5.98. The molecule has 0 saturated carbocycles. The van der Waals surface area contributed by atoms with Gasteiger partial charge < -0.3 is 10.3 Å². The van der Waals surface area contributed by atoms with Gasteiger partial charge in [-0.25, -0.2) is 0 Å². The average Bonchev–Trinajstić information content (AvgIpc) is 2.92. The molecule has 5 heteroatoms. The van der Waals surface area contributed by atoms with Crippen LogP contribution in [0.5, 0.6) is 0 Å². The summed E-state index contributed by atoms with van der Waals surface area (Å²) < 4.78 is 0. The van der Waals surface area contributed by atoms with E-state index in [4.69, 9.17) is 12.2 Å². The number of aryl methyl sites for hydroxylation is 1. The largest absolute Gasteiger partial charge is 0.361 e. The lowest BCUT2D eigenvalue weighted by Crippen LogP contribution is -2.33. The molecule has 3 N–H and O–H groups in total. The van der Waals surface area contributed by atoms with Crippen molar-refractivity contribution >= 4 is 34.4 Å². The van der Waals surface area contributed by atoms with Gasteiger partial charge in [-0.05, 0) is 37.2 Å². The second kappa shape index (κ2) is 7.75. The molecular formula is C19H20N4S. The van der Waals surface area contributed by atoms with Crippen LogP contribution in [-0.4, -0.2) is 22.9 Å². The number of fused-ring (bicyclic) bond motifs is 1. The minimum Gasteiger partial charge on any atom is -0.361 e. The summed E-state index contributed by atoms with van der Waals surface area (Å²) in [4.78, 5) is 3.35. The molecule has 122 valence electrons. The molecule has 24 heavy (non-hydrogen) atoms. The Hall–Kier alpha value is -2.66. The van der Waals surface area contributed by atoms with Crippen molar-refractivity contribution < 1.29 is 0 Å². The number of nitrogens with zero attached hydrogens (tertiary/aromatic N) is 1. The zero-order valence-corrected chi connectivity index (χ0v) is 14.4. The van der Waals surface area contributed by atoms with Gasteiger partial charge in [-0.15, -0.1) is 0 Å². The van der Waals surface area contributed by atoms with Crippen molar-refractivity contribution in [3.63, 3.8) is 0 Å². The molecule has 0 aliphatic heterocycles. The van der Waals surface area contributed by atoms with E-state index in [1.807, 2.05) is 37.3 Å². The molecule has 0 atom stereocenters. The number of nitrogens with one attached hydrogen (secondary N) is 3. The van der Waals surface area contributed by atoms with Gasteiger partial charge >= 0.3 is 0 Å². The third-order valence-electron chi connectivity index (χ3n) is 3.85. The Bertz CT molecular complexity index is 852. The van der Waals surface area contributed by atoms with Gasteiger partial charge in [0.1, 0.15) is 0 Å². The smallest absolute Gasteiger partial charge is 0.186 e. The van der Waals surface area contributed by atoms with Gasteiger partial charge in [0.2, 0.25) is 0 Å². The number of benzene rings is 2. The first kappa shape index (κ1) is 16.2. The quantitative estimate of drug-likeness (QED) is 0.380. The summed E-state index contributed by atoms with van der Waals surface area (Å²) in [6.07, 6.45) is 2.73. The van der Waals surface area contributed by atoms with Crippen LogP contribution in [0.15, 0.2) is 59.7 Å². The molecule has 0 saturated heterocycles. The number of para-hydroxylation sites is 1. The van der Waals surface area contributed by atoms with E-state index >= 15 is 0 Å². The fraction of sp³-hybridized carbons (Fsp3) is 0.158. The second-order valence-electron chi connectivity index (χ2n) is 5.57. The third-order valence-corrected chi connectivity index (χ3v) is 4.08. The standard InChI is InChI=1S/C19H20N4S/c1-14-17(16-9-5-6-10-18(16)22-14)13-21-23-19(24)20-12-11-15-7-3-2-4-8-15/h2-10,13,22H,11-12H2,1H3,(H2,20,23,24). The van der Waals surface area contributed by atoms with E-state index < -0.39 is 0 Å². The number of H-pyrrole nitrogens is 1. The molecule has 4 nitrogen and oxygen atoms in total. The Morgan fingerprint density at radius 3 is 2.71 bits per heavy atom. The van der Waals surface area contributed by atoms with Crippen molar-refractivity contribution in [2.45, 2.75) is 13.3 Å². The highest BCUT2D eigenvalue weighted by Gasteiger charge is 2.05. The highest BCUT2D eigenvalue weighted by atomic mass is 32.1. The van der Waals surface area contributed by atoms with Crippen LogP contribution in [-0.2, 0) is 6.42 Å². The lowest BCUT2D eigenvalue weighted by Gasteiger charge is -2.06. The van der Waals surface area contributed by atoms with Crippen molar-refractivity contribution in [3.8, 4) is 0 Å². The molecular weight excluding hydrogens is 316 g/mol. The van der Waals surface area contributed by atoms with Gasteiger partial charge in [0, 0.05) is 28.7 Å². The Morgan fingerprint density at radius 1 is 1.12 bits per heavy atom. The van der Waals surface area contributed by atoms with Gasteiger partial charge in [0.05, 0.1) is 6.21 Å². The number of hydrogen-bond donors (Lipinski definition) is 3. The molecule has 0 aliphatic rings. The number of hydrazone groups is 1. The zero-order chi connectivity index (χ0) is 16.8. The summed E-state index contributed by atoms with van der Waals surface area (Å²) in [5.74, 6) is 0. The average molecular weight is 336 g/mol. The molecule has 0 radical (unpaired) electrons. The zero-order valence-electron chi connectivity index (χ0n) is 13.5. The van der Waals surface area contributed by atoms with Crippen LogP contribution < -0.4 is 10.7 Å². The summed E-state index contributed by atoms with van der Waals surface area (Å²) in [6, 6.07) is 18.5. The van der Waals surface area contributed by atoms with Crippen LogP contribution in [0.3, 0.4) is 0 Å². The fourth-order valence-electron chi connectivity index (χ4n) is 2.62. The van der Waals surface area contributed by atoms with Crippen molar-refractivity contribution in [3.05, 3.63) is 71.4 Å². The lowest BCUT2D eigenvalue weighted by atomic mass is 10.1. The van der Waals surface area contributed by atoms with Gasteiger partial charge in [-0.2, -0.15) is 5.10 Å². The Kier molecular flexibility index (Phi) is 5.23. The number of aromatic nitrogens is 1. The summed E-state index contributed by atoms with van der Waals surface area (Å²) in [6.45, 7) is 2.81. The SMILES string of the molecule is Cc1[nH]c2ccccc2c1C=NNC(=S)NCCc1ccccc1. The summed E-state index contributed by atoms with van der Waals surface area (Å²) in [5.41, 5.74) is 7.43. The Morgan fingerprint density at radius 2 is 1.88 bits per heavy atom. The molecule has 3 aromatic rings. The molecule has 3 rings (SSSR count). The first-order valence-electron chi connectivity index (χ1n) is 7.92. The maximum absolute atomic E-state index is 5.25. The van der Waals surface area contributed by atoms with Gasteiger partial charge in [-0.3, -0.25) is 5.43 Å². The number of aromatic amines is 1. The van der Waals surface area contributed by atoms with Crippen LogP contribution in [0.2, 0.25) is 0 Å². The van der Waals surface area contributed by atoms with Crippen molar-refractivity contribution in [2.24, 2.45) is 5.10 Å². The van der Waals surface area contributed by atoms with E-state index in [2.05, 4.69) is 45.1 Å². The first-order chi connectivity index (χ1) is 11.7. The molecule has 2 aromatic carbocycles. The molecule has 1 heterocycles. The molecule has 0 unspecified atom stereocenters. The number of thiocarbonyl (C=S) groups is 1. The fourth-order valence-corrected chi connectivity index (χ4v) is 2.78. The van der Waals surface area contributed by atoms with E-state index in [9.17, 15) is 0 Å². The van der Waals surface area contributed by atoms with E-state index in [-0.39, 0.29) is 0 Å². The van der Waals surface area contributed by atoms with Crippen LogP contribution in [0.4, 0.5) is 0 Å². The highest BCUT2D eigenvalue weighted by molar-refractivity contribution is 7.80. The van der Waals surface area contributed by atoms with E-state index in [0.717, 1.165) is 35.1 Å². The Labute approximate surface area is 147 Å². The summed E-state index contributed by atoms with van der Waals surface area (Å²) in [7, 11) is 0. The monoisotopic (exact) mass is 336 g/mol. The predicted octanol–water partition coefficient (Wildman–Crippen LogP) is 3.52. The van der Waals surface area contributed by atoms with Crippen molar-refractivity contribution in [1.82, 2.24) is 15.7 Å². The van der Waals surface area contributed by atoms with E-state index in [1.54, 1.807) is 6.21 Å². The van der Waals surface area contributed by atoms with Crippen LogP contribution >= 0.6 is 12.2 Å². The molecule has 1 aromatic heterocycles. The number of rotatable bonds is 5. The van der Waals surface area contributed by atoms with Crippen molar-refractivity contribution in [1.29, 1.82) is 0 Å². The maximum Gasteiger partial charge on any atom is 0.186 e. The topological polar surface area (TPSA) is 52.2 Å². The van der Waals surface area contributed by atoms with Crippen LogP contribution in [0, 0.1) is 6.92 Å².